The molecule has 0 radical (unpaired) electrons. The molecule has 0 unspecified atom stereocenters. The second-order valence-corrected chi connectivity index (χ2v) is 9.62. The number of carbonyl (C=O) groups is 1. The molecule has 2 aromatic rings. The number of rotatable bonds is 4. The van der Waals surface area contributed by atoms with Crippen LogP contribution in [0.4, 0.5) is 5.82 Å². The monoisotopic (exact) mass is 442 g/mol. The molecule has 2 aliphatic rings. The van der Waals surface area contributed by atoms with Crippen LogP contribution < -0.4 is 10.5 Å². The standard InChI is InChI=1S/C22H26N4O2S2/c1-4-15(3)26-21(28)17(30-22(26)29)12-16-19(24-10-6-5-7-11-24)23-18-9-8-14(2)13-25(18)20(16)27/h8-9,12-13,15H,4-7,10-11H2,1-3H3/b17-12-/t15-/m0/s1. The van der Waals surface area contributed by atoms with Gasteiger partial charge in [0, 0.05) is 25.3 Å². The van der Waals surface area contributed by atoms with E-state index in [1.165, 1.54) is 18.2 Å². The molecule has 2 aliphatic heterocycles. The topological polar surface area (TPSA) is 57.9 Å². The number of pyridine rings is 1. The Labute approximate surface area is 186 Å². The summed E-state index contributed by atoms with van der Waals surface area (Å²) in [4.78, 5) is 35.7. The Morgan fingerprint density at radius 2 is 1.97 bits per heavy atom. The number of anilines is 1. The molecule has 4 heterocycles. The van der Waals surface area contributed by atoms with Crippen LogP contribution in [0, 0.1) is 6.92 Å². The van der Waals surface area contributed by atoms with Crippen molar-refractivity contribution in [1.82, 2.24) is 14.3 Å². The summed E-state index contributed by atoms with van der Waals surface area (Å²) in [6, 6.07) is 3.86. The van der Waals surface area contributed by atoms with E-state index in [1.54, 1.807) is 21.6 Å². The second kappa shape index (κ2) is 8.51. The second-order valence-electron chi connectivity index (χ2n) is 7.95. The number of piperidine rings is 1. The molecule has 6 nitrogen and oxygen atoms in total. The molecule has 0 saturated carbocycles. The quantitative estimate of drug-likeness (QED) is 0.527. The first-order valence-corrected chi connectivity index (χ1v) is 11.7. The lowest BCUT2D eigenvalue weighted by atomic mass is 10.1. The lowest BCUT2D eigenvalue weighted by Gasteiger charge is -2.29. The van der Waals surface area contributed by atoms with Crippen molar-refractivity contribution in [3.63, 3.8) is 0 Å². The molecule has 1 atom stereocenters. The largest absolute Gasteiger partial charge is 0.356 e. The average Bonchev–Trinajstić information content (AvgIpc) is 3.03. The first kappa shape index (κ1) is 21.1. The van der Waals surface area contributed by atoms with Crippen molar-refractivity contribution in [3.8, 4) is 0 Å². The Hall–Kier alpha value is -2.19. The van der Waals surface area contributed by atoms with Crippen molar-refractivity contribution >= 4 is 51.7 Å². The number of thioether (sulfide) groups is 1. The van der Waals surface area contributed by atoms with Gasteiger partial charge in [0.25, 0.3) is 11.5 Å². The maximum absolute atomic E-state index is 13.5. The van der Waals surface area contributed by atoms with Crippen LogP contribution in [0.2, 0.25) is 0 Å². The summed E-state index contributed by atoms with van der Waals surface area (Å²) in [5, 5.41) is 0. The Morgan fingerprint density at radius 3 is 2.67 bits per heavy atom. The summed E-state index contributed by atoms with van der Waals surface area (Å²) in [7, 11) is 0. The Bertz CT molecular complexity index is 1100. The fourth-order valence-corrected chi connectivity index (χ4v) is 5.34. The van der Waals surface area contributed by atoms with Gasteiger partial charge in [0.2, 0.25) is 0 Å². The molecular weight excluding hydrogens is 416 g/mol. The first-order valence-electron chi connectivity index (χ1n) is 10.5. The predicted molar refractivity (Wildman–Crippen MR) is 127 cm³/mol. The molecule has 158 valence electrons. The van der Waals surface area contributed by atoms with E-state index in [9.17, 15) is 9.59 Å². The minimum absolute atomic E-state index is 0.0310. The zero-order chi connectivity index (χ0) is 21.4. The molecule has 2 aromatic heterocycles. The molecule has 2 saturated heterocycles. The molecule has 30 heavy (non-hydrogen) atoms. The van der Waals surface area contributed by atoms with Crippen molar-refractivity contribution in [1.29, 1.82) is 0 Å². The Kier molecular flexibility index (Phi) is 5.97. The molecular formula is C22H26N4O2S2. The van der Waals surface area contributed by atoms with Crippen molar-refractivity contribution < 1.29 is 4.79 Å². The fraction of sp³-hybridized carbons (Fsp3) is 0.455. The molecule has 0 aliphatic carbocycles. The number of thiocarbonyl (C=S) groups is 1. The lowest BCUT2D eigenvalue weighted by Crippen LogP contribution is -2.36. The number of aryl methyl sites for hydroxylation is 1. The third-order valence-corrected chi connectivity index (χ3v) is 7.10. The molecule has 4 rings (SSSR count). The number of hydrogen-bond donors (Lipinski definition) is 0. The van der Waals surface area contributed by atoms with Gasteiger partial charge in [0.15, 0.2) is 0 Å². The molecule has 0 bridgehead atoms. The van der Waals surface area contributed by atoms with Crippen LogP contribution in [-0.4, -0.2) is 43.6 Å². The van der Waals surface area contributed by atoms with Crippen molar-refractivity contribution in [2.45, 2.75) is 52.5 Å². The van der Waals surface area contributed by atoms with Gasteiger partial charge in [0.05, 0.1) is 10.5 Å². The summed E-state index contributed by atoms with van der Waals surface area (Å²) in [5.41, 5.74) is 1.91. The van der Waals surface area contributed by atoms with Gasteiger partial charge < -0.3 is 4.90 Å². The van der Waals surface area contributed by atoms with Crippen LogP contribution >= 0.6 is 24.0 Å². The van der Waals surface area contributed by atoms with Crippen LogP contribution in [0.15, 0.2) is 28.0 Å². The van der Waals surface area contributed by atoms with Crippen LogP contribution in [-0.2, 0) is 4.79 Å². The predicted octanol–water partition coefficient (Wildman–Crippen LogP) is 3.99. The third kappa shape index (κ3) is 3.78. The van der Waals surface area contributed by atoms with E-state index in [0.29, 0.717) is 26.3 Å². The zero-order valence-electron chi connectivity index (χ0n) is 17.6. The van der Waals surface area contributed by atoms with E-state index in [1.807, 2.05) is 32.9 Å². The molecule has 0 aromatic carbocycles. The lowest BCUT2D eigenvalue weighted by molar-refractivity contribution is -0.123. The van der Waals surface area contributed by atoms with Crippen LogP contribution in [0.25, 0.3) is 11.7 Å². The van der Waals surface area contributed by atoms with E-state index in [2.05, 4.69) is 4.90 Å². The van der Waals surface area contributed by atoms with Crippen molar-refractivity contribution in [2.75, 3.05) is 18.0 Å². The van der Waals surface area contributed by atoms with E-state index >= 15 is 0 Å². The number of amides is 1. The summed E-state index contributed by atoms with van der Waals surface area (Å²) in [6.45, 7) is 7.69. The third-order valence-electron chi connectivity index (χ3n) is 5.77. The number of hydrogen-bond acceptors (Lipinski definition) is 6. The highest BCUT2D eigenvalue weighted by Crippen LogP contribution is 2.35. The van der Waals surface area contributed by atoms with Gasteiger partial charge in [-0.1, -0.05) is 37.0 Å². The molecule has 2 fully saturated rings. The maximum Gasteiger partial charge on any atom is 0.267 e. The Balaban J connectivity index is 1.87. The minimum Gasteiger partial charge on any atom is -0.356 e. The van der Waals surface area contributed by atoms with E-state index in [-0.39, 0.29) is 17.5 Å². The van der Waals surface area contributed by atoms with Gasteiger partial charge in [-0.2, -0.15) is 0 Å². The molecule has 8 heteroatoms. The van der Waals surface area contributed by atoms with E-state index in [4.69, 9.17) is 17.2 Å². The van der Waals surface area contributed by atoms with Gasteiger partial charge in [-0.15, -0.1) is 0 Å². The Morgan fingerprint density at radius 1 is 1.23 bits per heavy atom. The molecule has 0 spiro atoms. The number of nitrogens with zero attached hydrogens (tertiary/aromatic N) is 4. The summed E-state index contributed by atoms with van der Waals surface area (Å²) in [6.07, 6.45) is 7.65. The maximum atomic E-state index is 13.5. The van der Waals surface area contributed by atoms with E-state index < -0.39 is 0 Å². The first-order chi connectivity index (χ1) is 14.4. The summed E-state index contributed by atoms with van der Waals surface area (Å²) >= 11 is 6.72. The van der Waals surface area contributed by atoms with Gasteiger partial charge in [-0.3, -0.25) is 18.9 Å². The van der Waals surface area contributed by atoms with Crippen LogP contribution in [0.1, 0.15) is 50.7 Å². The highest BCUT2D eigenvalue weighted by Gasteiger charge is 2.35. The van der Waals surface area contributed by atoms with Gasteiger partial charge in [-0.25, -0.2) is 4.98 Å². The SMILES string of the molecule is CC[C@H](C)N1C(=O)/C(=C/c2c(N3CCCCC3)nc3ccc(C)cn3c2=O)SC1=S. The molecule has 0 N–H and O–H groups in total. The molecule has 1 amide bonds. The average molecular weight is 443 g/mol. The summed E-state index contributed by atoms with van der Waals surface area (Å²) in [5.74, 6) is 0.537. The highest BCUT2D eigenvalue weighted by molar-refractivity contribution is 8.26. The fourth-order valence-electron chi connectivity index (χ4n) is 3.89. The normalized spacial score (nSPS) is 19.9. The van der Waals surface area contributed by atoms with E-state index in [0.717, 1.165) is 37.9 Å². The van der Waals surface area contributed by atoms with Gasteiger partial charge in [-0.05, 0) is 57.2 Å². The number of aromatic nitrogens is 2. The van der Waals surface area contributed by atoms with Crippen molar-refractivity contribution in [3.05, 3.63) is 44.7 Å². The van der Waals surface area contributed by atoms with Gasteiger partial charge >= 0.3 is 0 Å². The van der Waals surface area contributed by atoms with Crippen LogP contribution in [0.3, 0.4) is 0 Å². The highest BCUT2D eigenvalue weighted by atomic mass is 32.2. The van der Waals surface area contributed by atoms with Crippen molar-refractivity contribution in [2.24, 2.45) is 0 Å². The zero-order valence-corrected chi connectivity index (χ0v) is 19.2. The number of fused-ring (bicyclic) bond motifs is 1. The van der Waals surface area contributed by atoms with Crippen LogP contribution in [0.5, 0.6) is 0 Å². The smallest absolute Gasteiger partial charge is 0.267 e. The minimum atomic E-state index is -0.155. The van der Waals surface area contributed by atoms with Gasteiger partial charge in [0.1, 0.15) is 15.8 Å². The summed E-state index contributed by atoms with van der Waals surface area (Å²) < 4.78 is 2.12. The number of carbonyl (C=O) groups excluding carboxylic acids is 1.